The number of ether oxygens (including phenoxy) is 5. The van der Waals surface area contributed by atoms with E-state index >= 15 is 0 Å². The lowest BCUT2D eigenvalue weighted by atomic mass is 9.95. The van der Waals surface area contributed by atoms with Crippen LogP contribution in [-0.2, 0) is 25.7 Å². The molecule has 0 saturated heterocycles. The molecule has 3 aromatic carbocycles. The maximum absolute atomic E-state index is 14.5. The number of thiazole rings is 1. The van der Waals surface area contributed by atoms with E-state index in [0.29, 0.717) is 60.1 Å². The van der Waals surface area contributed by atoms with Gasteiger partial charge in [0.1, 0.15) is 12.4 Å². The van der Waals surface area contributed by atoms with E-state index in [-0.39, 0.29) is 31.0 Å². The Labute approximate surface area is 321 Å². The summed E-state index contributed by atoms with van der Waals surface area (Å²) in [5, 5.41) is 0.876. The number of rotatable bonds is 15. The van der Waals surface area contributed by atoms with Crippen molar-refractivity contribution in [3.05, 3.63) is 112 Å². The van der Waals surface area contributed by atoms with Crippen molar-refractivity contribution in [2.24, 2.45) is 4.99 Å². The number of hydrogen-bond acceptors (Lipinski definition) is 11. The second-order valence-electron chi connectivity index (χ2n) is 11.7. The van der Waals surface area contributed by atoms with Crippen molar-refractivity contribution in [1.29, 1.82) is 0 Å². The van der Waals surface area contributed by atoms with Gasteiger partial charge in [-0.1, -0.05) is 46.7 Å². The van der Waals surface area contributed by atoms with E-state index in [0.717, 1.165) is 24.3 Å². The van der Waals surface area contributed by atoms with Crippen LogP contribution in [0.15, 0.2) is 75.7 Å². The first-order valence-electron chi connectivity index (χ1n) is 17.1. The van der Waals surface area contributed by atoms with Gasteiger partial charge in [0.05, 0.1) is 52.2 Å². The van der Waals surface area contributed by atoms with Gasteiger partial charge >= 0.3 is 11.9 Å². The summed E-state index contributed by atoms with van der Waals surface area (Å²) in [5.74, 6) is 0.0360. The highest BCUT2D eigenvalue weighted by Crippen LogP contribution is 2.37. The predicted octanol–water partition coefficient (Wildman–Crippen LogP) is 6.48. The number of benzene rings is 3. The van der Waals surface area contributed by atoms with Crippen molar-refractivity contribution >= 4 is 58.2 Å². The van der Waals surface area contributed by atoms with Crippen LogP contribution in [0.1, 0.15) is 57.4 Å². The molecule has 14 heteroatoms. The molecule has 1 aliphatic heterocycles. The number of methoxy groups -OCH3 is 1. The van der Waals surface area contributed by atoms with Gasteiger partial charge in [-0.05, 0) is 88.2 Å². The van der Waals surface area contributed by atoms with Gasteiger partial charge in [0.15, 0.2) is 22.9 Å². The van der Waals surface area contributed by atoms with Gasteiger partial charge in [-0.15, -0.1) is 0 Å². The molecule has 0 saturated carbocycles. The third-order valence-electron chi connectivity index (χ3n) is 8.46. The van der Waals surface area contributed by atoms with Crippen molar-refractivity contribution in [3.63, 3.8) is 0 Å². The third-order valence-corrected chi connectivity index (χ3v) is 10.2. The summed E-state index contributed by atoms with van der Waals surface area (Å²) in [6.07, 6.45) is 1.77. The zero-order valence-corrected chi connectivity index (χ0v) is 32.7. The molecule has 0 spiro atoms. The van der Waals surface area contributed by atoms with Gasteiger partial charge in [0.2, 0.25) is 0 Å². The summed E-state index contributed by atoms with van der Waals surface area (Å²) in [6.45, 7) is 11.3. The molecule has 1 atom stereocenters. The number of aromatic nitrogens is 1. The lowest BCUT2D eigenvalue weighted by Gasteiger charge is -2.25. The van der Waals surface area contributed by atoms with Crippen molar-refractivity contribution in [1.82, 2.24) is 4.57 Å². The molecule has 0 unspecified atom stereocenters. The molecule has 280 valence electrons. The van der Waals surface area contributed by atoms with Crippen molar-refractivity contribution in [3.8, 4) is 17.2 Å². The van der Waals surface area contributed by atoms with E-state index in [1.807, 2.05) is 31.2 Å². The van der Waals surface area contributed by atoms with Crippen LogP contribution in [0.2, 0.25) is 10.0 Å². The fraction of sp³-hybridized carbons (Fsp3) is 0.333. The quantitative estimate of drug-likeness (QED) is 0.125. The number of halogens is 2. The Bertz CT molecular complexity index is 2210. The van der Waals surface area contributed by atoms with Crippen molar-refractivity contribution in [2.45, 2.75) is 47.3 Å². The minimum atomic E-state index is -0.906. The molecule has 2 heterocycles. The molecule has 0 bridgehead atoms. The van der Waals surface area contributed by atoms with Gasteiger partial charge in [0.25, 0.3) is 5.56 Å². The van der Waals surface area contributed by atoms with Crippen molar-refractivity contribution in [2.75, 3.05) is 44.9 Å². The Morgan fingerprint density at radius 3 is 2.36 bits per heavy atom. The maximum atomic E-state index is 14.5. The van der Waals surface area contributed by atoms with Gasteiger partial charge in [-0.25, -0.2) is 14.6 Å². The molecule has 5 rings (SSSR count). The Kier molecular flexibility index (Phi) is 13.3. The minimum absolute atomic E-state index is 0.131. The number of esters is 2. The molecule has 11 nitrogen and oxygen atoms in total. The van der Waals surface area contributed by atoms with Gasteiger partial charge in [0, 0.05) is 30.4 Å². The average Bonchev–Trinajstić information content (AvgIpc) is 3.45. The second-order valence-corrected chi connectivity index (χ2v) is 13.6. The number of anilines is 1. The maximum Gasteiger partial charge on any atom is 0.343 e. The first-order valence-corrected chi connectivity index (χ1v) is 18.7. The van der Waals surface area contributed by atoms with Crippen LogP contribution in [-0.4, -0.2) is 56.5 Å². The lowest BCUT2D eigenvalue weighted by Crippen LogP contribution is -2.40. The molecule has 0 fully saturated rings. The number of nitrogens with zero attached hydrogens (tertiary/aromatic N) is 3. The Morgan fingerprint density at radius 2 is 1.68 bits per heavy atom. The summed E-state index contributed by atoms with van der Waals surface area (Å²) < 4.78 is 30.0. The Balaban J connectivity index is 1.64. The monoisotopic (exact) mass is 781 g/mol. The van der Waals surface area contributed by atoms with Crippen LogP contribution in [0.5, 0.6) is 17.2 Å². The largest absolute Gasteiger partial charge is 0.490 e. The van der Waals surface area contributed by atoms with Crippen LogP contribution < -0.4 is 34.0 Å². The molecular weight excluding hydrogens is 741 g/mol. The fourth-order valence-corrected chi connectivity index (χ4v) is 7.23. The molecule has 0 radical (unpaired) electrons. The fourth-order valence-electron chi connectivity index (χ4n) is 5.87. The van der Waals surface area contributed by atoms with E-state index in [1.54, 1.807) is 50.3 Å². The first-order chi connectivity index (χ1) is 25.5. The minimum Gasteiger partial charge on any atom is -0.490 e. The van der Waals surface area contributed by atoms with Crippen LogP contribution >= 0.6 is 34.5 Å². The van der Waals surface area contributed by atoms with E-state index in [9.17, 15) is 14.4 Å². The van der Waals surface area contributed by atoms with E-state index in [4.69, 9.17) is 51.9 Å². The number of fused-ring (bicyclic) bond motifs is 1. The number of hydrogen-bond donors (Lipinski definition) is 0. The van der Waals surface area contributed by atoms with Gasteiger partial charge < -0.3 is 28.6 Å². The van der Waals surface area contributed by atoms with Crippen LogP contribution in [0.25, 0.3) is 6.08 Å². The van der Waals surface area contributed by atoms with E-state index < -0.39 is 18.0 Å². The smallest absolute Gasteiger partial charge is 0.343 e. The highest BCUT2D eigenvalue weighted by atomic mass is 35.5. The number of carbonyl (C=O) groups is 2. The third kappa shape index (κ3) is 8.89. The van der Waals surface area contributed by atoms with Gasteiger partial charge in [-0.3, -0.25) is 9.36 Å². The van der Waals surface area contributed by atoms with Crippen LogP contribution in [0.4, 0.5) is 5.69 Å². The molecule has 0 amide bonds. The summed E-state index contributed by atoms with van der Waals surface area (Å²) in [4.78, 5) is 47.1. The molecule has 0 N–H and O–H groups in total. The van der Waals surface area contributed by atoms with E-state index in [1.165, 1.54) is 23.0 Å². The Hall–Kier alpha value is -4.78. The standard InChI is InChI=1S/C39H41Cl2N3O8S/c1-7-43(8-2)27-14-12-25(31(20-27)51-21-24-11-15-28(40)29(41)17-24)19-33-37(46)44-36(35(38(47)50-10-4)23(5)42-39(44)53-33)26-13-16-30(32(18-26)49-9-3)52-22-34(45)48-6/h11-20,36H,7-10,21-22H2,1-6H3/b33-19+/t36-/m0/s1. The van der Waals surface area contributed by atoms with Crippen LogP contribution in [0.3, 0.4) is 0 Å². The van der Waals surface area contributed by atoms with Crippen LogP contribution in [0, 0.1) is 0 Å². The summed E-state index contributed by atoms with van der Waals surface area (Å²) in [7, 11) is 1.27. The van der Waals surface area contributed by atoms with E-state index in [2.05, 4.69) is 18.7 Å². The zero-order chi connectivity index (χ0) is 38.2. The second kappa shape index (κ2) is 17.8. The average molecular weight is 783 g/mol. The number of carbonyl (C=O) groups excluding carboxylic acids is 2. The number of allylic oxidation sites excluding steroid dienone is 1. The molecule has 4 aromatic rings. The lowest BCUT2D eigenvalue weighted by molar-refractivity contribution is -0.143. The highest BCUT2D eigenvalue weighted by molar-refractivity contribution is 7.07. The molecule has 1 aromatic heterocycles. The SMILES string of the molecule is CCOC(=O)C1=C(C)N=c2s/c(=C/c3ccc(N(CC)CC)cc3OCc3ccc(Cl)c(Cl)c3)c(=O)n2[C@H]1c1ccc(OCC(=O)OC)c(OCC)c1. The summed E-state index contributed by atoms with van der Waals surface area (Å²) >= 11 is 13.6. The van der Waals surface area contributed by atoms with Crippen molar-refractivity contribution < 1.29 is 33.3 Å². The molecule has 53 heavy (non-hydrogen) atoms. The van der Waals surface area contributed by atoms with Gasteiger partial charge in [-0.2, -0.15) is 0 Å². The molecule has 0 aliphatic carbocycles. The normalized spacial score (nSPS) is 14.0. The summed E-state index contributed by atoms with van der Waals surface area (Å²) in [5.41, 5.74) is 3.29. The predicted molar refractivity (Wildman–Crippen MR) is 206 cm³/mol. The molecule has 1 aliphatic rings. The Morgan fingerprint density at radius 1 is 0.906 bits per heavy atom. The topological polar surface area (TPSA) is 118 Å². The molecular formula is C39H41Cl2N3O8S. The zero-order valence-electron chi connectivity index (χ0n) is 30.4. The first kappa shape index (κ1) is 39.4. The summed E-state index contributed by atoms with van der Waals surface area (Å²) in [6, 6.07) is 15.3. The highest BCUT2D eigenvalue weighted by Gasteiger charge is 2.34.